The molecule has 21 heavy (non-hydrogen) atoms. The molecule has 0 bridgehead atoms. The number of ether oxygens (including phenoxy) is 1. The number of aromatic nitrogens is 1. The number of carbonyl (C=O) groups excluding carboxylic acids is 1. The number of hydrogen-bond acceptors (Lipinski definition) is 3. The van der Waals surface area contributed by atoms with Gasteiger partial charge in [-0.05, 0) is 41.9 Å². The van der Waals surface area contributed by atoms with Crippen LogP contribution in [0, 0.1) is 13.8 Å². The third kappa shape index (κ3) is 3.42. The molecule has 0 spiro atoms. The molecule has 110 valence electrons. The van der Waals surface area contributed by atoms with Gasteiger partial charge in [0.15, 0.2) is 0 Å². The Hall–Kier alpha value is -1.88. The van der Waals surface area contributed by atoms with Gasteiger partial charge in [0.2, 0.25) is 0 Å². The van der Waals surface area contributed by atoms with Crippen LogP contribution in [-0.4, -0.2) is 18.0 Å². The Morgan fingerprint density at radius 2 is 2.05 bits per heavy atom. The predicted octanol–water partition coefficient (Wildman–Crippen LogP) is 3.40. The van der Waals surface area contributed by atoms with Gasteiger partial charge in [-0.1, -0.05) is 12.1 Å². The molecule has 0 fully saturated rings. The lowest BCUT2D eigenvalue weighted by Gasteiger charge is -2.13. The van der Waals surface area contributed by atoms with Crippen LogP contribution in [0.1, 0.15) is 27.2 Å². The zero-order chi connectivity index (χ0) is 15.4. The summed E-state index contributed by atoms with van der Waals surface area (Å²) in [6.45, 7) is 4.25. The highest BCUT2D eigenvalue weighted by Crippen LogP contribution is 2.24. The van der Waals surface area contributed by atoms with Crippen molar-refractivity contribution in [3.8, 4) is 5.75 Å². The van der Waals surface area contributed by atoms with Gasteiger partial charge < -0.3 is 10.1 Å². The van der Waals surface area contributed by atoms with Gasteiger partial charge in [-0.3, -0.25) is 9.78 Å². The summed E-state index contributed by atoms with van der Waals surface area (Å²) in [4.78, 5) is 16.5. The zero-order valence-corrected chi connectivity index (χ0v) is 13.8. The summed E-state index contributed by atoms with van der Waals surface area (Å²) >= 11 is 3.37. The van der Waals surface area contributed by atoms with Gasteiger partial charge >= 0.3 is 0 Å². The number of methoxy groups -OCH3 is 1. The van der Waals surface area contributed by atoms with E-state index in [0.29, 0.717) is 12.1 Å². The molecule has 5 heteroatoms. The van der Waals surface area contributed by atoms with Crippen LogP contribution in [0.3, 0.4) is 0 Å². The largest absolute Gasteiger partial charge is 0.496 e. The van der Waals surface area contributed by atoms with E-state index in [2.05, 4.69) is 26.2 Å². The van der Waals surface area contributed by atoms with E-state index in [0.717, 1.165) is 27.0 Å². The number of halogens is 1. The fourth-order valence-corrected chi connectivity index (χ4v) is 2.62. The molecule has 1 N–H and O–H groups in total. The lowest BCUT2D eigenvalue weighted by Crippen LogP contribution is -2.24. The molecule has 0 radical (unpaired) electrons. The van der Waals surface area contributed by atoms with E-state index in [9.17, 15) is 4.79 Å². The molecule has 0 unspecified atom stereocenters. The number of aryl methyl sites for hydroxylation is 1. The zero-order valence-electron chi connectivity index (χ0n) is 12.2. The Balaban J connectivity index is 2.14. The lowest BCUT2D eigenvalue weighted by molar-refractivity contribution is 0.0949. The molecular weight excluding hydrogens is 332 g/mol. The van der Waals surface area contributed by atoms with Crippen molar-refractivity contribution in [2.75, 3.05) is 7.11 Å². The van der Waals surface area contributed by atoms with Gasteiger partial charge in [-0.25, -0.2) is 0 Å². The Labute approximate surface area is 132 Å². The molecule has 0 aliphatic heterocycles. The molecule has 0 atom stereocenters. The van der Waals surface area contributed by atoms with Gasteiger partial charge in [0.05, 0.1) is 24.9 Å². The number of nitrogens with zero attached hydrogens (tertiary/aromatic N) is 1. The fourth-order valence-electron chi connectivity index (χ4n) is 2.15. The van der Waals surface area contributed by atoms with Gasteiger partial charge in [0, 0.05) is 21.8 Å². The molecule has 1 aromatic heterocycles. The number of carbonyl (C=O) groups is 1. The molecule has 2 rings (SSSR count). The van der Waals surface area contributed by atoms with E-state index in [1.807, 2.05) is 32.0 Å². The summed E-state index contributed by atoms with van der Waals surface area (Å²) < 4.78 is 6.14. The van der Waals surface area contributed by atoms with Crippen LogP contribution in [0.4, 0.5) is 0 Å². The highest BCUT2D eigenvalue weighted by Gasteiger charge is 2.12. The summed E-state index contributed by atoms with van der Waals surface area (Å²) in [7, 11) is 1.64. The number of nitrogens with one attached hydrogen (secondary N) is 1. The third-order valence-electron chi connectivity index (χ3n) is 3.28. The Kier molecular flexibility index (Phi) is 4.96. The predicted molar refractivity (Wildman–Crippen MR) is 85.6 cm³/mol. The van der Waals surface area contributed by atoms with Gasteiger partial charge in [0.25, 0.3) is 5.91 Å². The monoisotopic (exact) mass is 348 g/mol. The fraction of sp³-hybridized carbons (Fsp3) is 0.250. The van der Waals surface area contributed by atoms with Gasteiger partial charge in [-0.2, -0.15) is 0 Å². The second-order valence-corrected chi connectivity index (χ2v) is 5.56. The molecule has 0 aliphatic carbocycles. The first-order valence-electron chi connectivity index (χ1n) is 6.56. The van der Waals surface area contributed by atoms with E-state index in [1.165, 1.54) is 0 Å². The molecule has 0 saturated carbocycles. The Bertz CT molecular complexity index is 671. The molecule has 0 aliphatic rings. The van der Waals surface area contributed by atoms with E-state index < -0.39 is 0 Å². The molecule has 0 saturated heterocycles. The van der Waals surface area contributed by atoms with Crippen LogP contribution in [0.15, 0.2) is 34.9 Å². The minimum absolute atomic E-state index is 0.136. The van der Waals surface area contributed by atoms with Crippen LogP contribution >= 0.6 is 15.9 Å². The number of amides is 1. The quantitative estimate of drug-likeness (QED) is 0.921. The highest BCUT2D eigenvalue weighted by molar-refractivity contribution is 9.10. The number of rotatable bonds is 4. The summed E-state index contributed by atoms with van der Waals surface area (Å²) in [5.41, 5.74) is 3.34. The second kappa shape index (κ2) is 6.72. The molecular formula is C16H17BrN2O2. The SMILES string of the molecule is COc1c(C)cnc(CNC(=O)c2ccccc2Br)c1C. The van der Waals surface area contributed by atoms with Crippen molar-refractivity contribution in [3.05, 3.63) is 57.3 Å². The summed E-state index contributed by atoms with van der Waals surface area (Å²) in [6.07, 6.45) is 1.76. The van der Waals surface area contributed by atoms with E-state index >= 15 is 0 Å². The molecule has 1 aromatic carbocycles. The first kappa shape index (κ1) is 15.5. The maximum Gasteiger partial charge on any atom is 0.252 e. The standard InChI is InChI=1S/C16H17BrN2O2/c1-10-8-18-14(11(2)15(10)21-3)9-19-16(20)12-6-4-5-7-13(12)17/h4-8H,9H2,1-3H3,(H,19,20). The van der Waals surface area contributed by atoms with Crippen LogP contribution < -0.4 is 10.1 Å². The van der Waals surface area contributed by atoms with Crippen molar-refractivity contribution in [2.45, 2.75) is 20.4 Å². The summed E-state index contributed by atoms with van der Waals surface area (Å²) in [5, 5.41) is 2.88. The maximum absolute atomic E-state index is 12.2. The number of pyridine rings is 1. The summed E-state index contributed by atoms with van der Waals surface area (Å²) in [5.74, 6) is 0.679. The average molecular weight is 349 g/mol. The van der Waals surface area contributed by atoms with Crippen molar-refractivity contribution in [2.24, 2.45) is 0 Å². The normalized spacial score (nSPS) is 10.3. The molecule has 2 aromatic rings. The topological polar surface area (TPSA) is 51.2 Å². The smallest absolute Gasteiger partial charge is 0.252 e. The lowest BCUT2D eigenvalue weighted by atomic mass is 10.1. The van der Waals surface area contributed by atoms with Gasteiger partial charge in [-0.15, -0.1) is 0 Å². The van der Waals surface area contributed by atoms with E-state index in [-0.39, 0.29) is 5.91 Å². The van der Waals surface area contributed by atoms with Crippen molar-refractivity contribution >= 4 is 21.8 Å². The first-order valence-corrected chi connectivity index (χ1v) is 7.35. The third-order valence-corrected chi connectivity index (χ3v) is 3.98. The number of hydrogen-bond donors (Lipinski definition) is 1. The van der Waals surface area contributed by atoms with Crippen LogP contribution in [0.2, 0.25) is 0 Å². The van der Waals surface area contributed by atoms with Crippen molar-refractivity contribution in [1.29, 1.82) is 0 Å². The van der Waals surface area contributed by atoms with Crippen LogP contribution in [-0.2, 0) is 6.54 Å². The van der Waals surface area contributed by atoms with E-state index in [1.54, 1.807) is 19.4 Å². The van der Waals surface area contributed by atoms with E-state index in [4.69, 9.17) is 4.74 Å². The van der Waals surface area contributed by atoms with Crippen LogP contribution in [0.25, 0.3) is 0 Å². The molecule has 1 heterocycles. The van der Waals surface area contributed by atoms with Crippen molar-refractivity contribution in [3.63, 3.8) is 0 Å². The minimum Gasteiger partial charge on any atom is -0.496 e. The van der Waals surface area contributed by atoms with Gasteiger partial charge in [0.1, 0.15) is 5.75 Å². The second-order valence-electron chi connectivity index (χ2n) is 4.71. The van der Waals surface area contributed by atoms with Crippen molar-refractivity contribution < 1.29 is 9.53 Å². The maximum atomic E-state index is 12.2. The van der Waals surface area contributed by atoms with Crippen LogP contribution in [0.5, 0.6) is 5.75 Å². The Morgan fingerprint density at radius 3 is 2.71 bits per heavy atom. The Morgan fingerprint density at radius 1 is 1.33 bits per heavy atom. The minimum atomic E-state index is -0.136. The highest BCUT2D eigenvalue weighted by atomic mass is 79.9. The van der Waals surface area contributed by atoms with Crippen molar-refractivity contribution in [1.82, 2.24) is 10.3 Å². The molecule has 4 nitrogen and oxygen atoms in total. The average Bonchev–Trinajstić information content (AvgIpc) is 2.47. The first-order chi connectivity index (χ1) is 10.0. The summed E-state index contributed by atoms with van der Waals surface area (Å²) in [6, 6.07) is 7.32. The molecule has 1 amide bonds. The number of benzene rings is 1.